The molecule has 2 fully saturated rings. The summed E-state index contributed by atoms with van der Waals surface area (Å²) in [6.45, 7) is 2.92. The number of hydrogen-bond donors (Lipinski definition) is 2. The molecule has 1 atom stereocenters. The van der Waals surface area contributed by atoms with Crippen LogP contribution in [0, 0.1) is 5.92 Å². The molecule has 1 aliphatic carbocycles. The average Bonchev–Trinajstić information content (AvgIpc) is 2.64. The van der Waals surface area contributed by atoms with E-state index in [1.807, 2.05) is 13.0 Å². The Balaban J connectivity index is 1.82. The van der Waals surface area contributed by atoms with E-state index in [1.54, 1.807) is 17.0 Å². The van der Waals surface area contributed by atoms with Crippen molar-refractivity contribution < 1.29 is 14.7 Å². The molecule has 0 radical (unpaired) electrons. The molecule has 0 aromatic heterocycles. The lowest BCUT2D eigenvalue weighted by atomic mass is 9.84. The van der Waals surface area contributed by atoms with Crippen molar-refractivity contribution in [3.05, 3.63) is 29.3 Å². The number of para-hydroxylation sites is 1. The maximum absolute atomic E-state index is 13.1. The number of carbonyl (C=O) groups is 2. The first-order valence-corrected chi connectivity index (χ1v) is 9.51. The number of nitrogens with one attached hydrogen (secondary N) is 1. The molecule has 25 heavy (non-hydrogen) atoms. The van der Waals surface area contributed by atoms with Crippen LogP contribution >= 0.6 is 0 Å². The molecule has 5 heteroatoms. The second-order valence-corrected chi connectivity index (χ2v) is 7.21. The van der Waals surface area contributed by atoms with Crippen LogP contribution in [0.3, 0.4) is 0 Å². The van der Waals surface area contributed by atoms with Gasteiger partial charge in [0, 0.05) is 13.1 Å². The first-order valence-electron chi connectivity index (χ1n) is 9.51. The Morgan fingerprint density at radius 1 is 1.28 bits per heavy atom. The third-order valence-electron chi connectivity index (χ3n) is 5.60. The molecule has 1 unspecified atom stereocenters. The Kier molecular flexibility index (Phi) is 5.61. The molecule has 136 valence electrons. The van der Waals surface area contributed by atoms with Crippen molar-refractivity contribution in [2.75, 3.05) is 13.1 Å². The van der Waals surface area contributed by atoms with Crippen LogP contribution in [0.25, 0.3) is 0 Å². The van der Waals surface area contributed by atoms with Crippen LogP contribution in [-0.4, -0.2) is 41.0 Å². The molecule has 1 saturated carbocycles. The summed E-state index contributed by atoms with van der Waals surface area (Å²) < 4.78 is 0. The maximum atomic E-state index is 13.1. The summed E-state index contributed by atoms with van der Waals surface area (Å²) >= 11 is 0. The SMILES string of the molecule is CCc1cccc(C(=O)N2CCNC(=O)C2CC2CCCCC2)c1O. The van der Waals surface area contributed by atoms with Gasteiger partial charge in [-0.2, -0.15) is 0 Å². The molecule has 3 rings (SSSR count). The number of carbonyl (C=O) groups excluding carboxylic acids is 2. The van der Waals surface area contributed by atoms with Crippen LogP contribution in [0.15, 0.2) is 18.2 Å². The molecule has 1 heterocycles. The molecular weight excluding hydrogens is 316 g/mol. The van der Waals surface area contributed by atoms with Crippen molar-refractivity contribution in [1.82, 2.24) is 10.2 Å². The van der Waals surface area contributed by atoms with Crippen LogP contribution in [0.1, 0.15) is 61.4 Å². The number of aromatic hydroxyl groups is 1. The molecule has 0 bridgehead atoms. The summed E-state index contributed by atoms with van der Waals surface area (Å²) in [5, 5.41) is 13.3. The van der Waals surface area contributed by atoms with Gasteiger partial charge >= 0.3 is 0 Å². The largest absolute Gasteiger partial charge is 0.507 e. The number of phenols is 1. The van der Waals surface area contributed by atoms with Gasteiger partial charge in [0.25, 0.3) is 5.91 Å². The predicted octanol–water partition coefficient (Wildman–Crippen LogP) is 2.87. The monoisotopic (exact) mass is 344 g/mol. The summed E-state index contributed by atoms with van der Waals surface area (Å²) in [7, 11) is 0. The lowest BCUT2D eigenvalue weighted by molar-refractivity contribution is -0.128. The maximum Gasteiger partial charge on any atom is 0.258 e. The molecule has 2 N–H and O–H groups in total. The fourth-order valence-corrected chi connectivity index (χ4v) is 4.13. The minimum atomic E-state index is -0.422. The molecule has 1 aromatic rings. The lowest BCUT2D eigenvalue weighted by Crippen LogP contribution is -2.57. The van der Waals surface area contributed by atoms with Gasteiger partial charge in [0.1, 0.15) is 11.8 Å². The van der Waals surface area contributed by atoms with Gasteiger partial charge in [-0.25, -0.2) is 0 Å². The van der Waals surface area contributed by atoms with Gasteiger partial charge in [0.15, 0.2) is 0 Å². The zero-order valence-corrected chi connectivity index (χ0v) is 15.0. The number of rotatable bonds is 4. The number of phenolic OH excluding ortho intramolecular Hbond substituents is 1. The number of aryl methyl sites for hydroxylation is 1. The second kappa shape index (κ2) is 7.89. The van der Waals surface area contributed by atoms with Gasteiger partial charge in [-0.05, 0) is 30.4 Å². The Bertz CT molecular complexity index is 638. The Labute approximate surface area is 149 Å². The number of nitrogens with zero attached hydrogens (tertiary/aromatic N) is 1. The fourth-order valence-electron chi connectivity index (χ4n) is 4.13. The molecular formula is C20H28N2O3. The van der Waals surface area contributed by atoms with Crippen molar-refractivity contribution in [2.24, 2.45) is 5.92 Å². The Morgan fingerprint density at radius 2 is 2.04 bits per heavy atom. The third kappa shape index (κ3) is 3.80. The number of piperazine rings is 1. The molecule has 2 amide bonds. The Morgan fingerprint density at radius 3 is 2.76 bits per heavy atom. The highest BCUT2D eigenvalue weighted by Crippen LogP contribution is 2.31. The quantitative estimate of drug-likeness (QED) is 0.882. The highest BCUT2D eigenvalue weighted by molar-refractivity contribution is 6.00. The van der Waals surface area contributed by atoms with Crippen molar-refractivity contribution in [3.63, 3.8) is 0 Å². The normalized spacial score (nSPS) is 21.9. The summed E-state index contributed by atoms with van der Waals surface area (Å²) in [5.74, 6) is 0.269. The standard InChI is InChI=1S/C20H28N2O3/c1-2-15-9-6-10-16(18(15)23)20(25)22-12-11-21-19(24)17(22)13-14-7-4-3-5-8-14/h6,9-10,14,17,23H,2-5,7-8,11-13H2,1H3,(H,21,24). The summed E-state index contributed by atoms with van der Waals surface area (Å²) in [4.78, 5) is 27.2. The van der Waals surface area contributed by atoms with E-state index in [1.165, 1.54) is 19.3 Å². The van der Waals surface area contributed by atoms with Crippen molar-refractivity contribution >= 4 is 11.8 Å². The van der Waals surface area contributed by atoms with Crippen LogP contribution < -0.4 is 5.32 Å². The zero-order valence-electron chi connectivity index (χ0n) is 15.0. The van der Waals surface area contributed by atoms with E-state index in [-0.39, 0.29) is 17.6 Å². The van der Waals surface area contributed by atoms with Crippen LogP contribution in [-0.2, 0) is 11.2 Å². The van der Waals surface area contributed by atoms with Gasteiger partial charge in [0.05, 0.1) is 5.56 Å². The summed E-state index contributed by atoms with van der Waals surface area (Å²) in [6.07, 6.45) is 7.38. The molecule has 1 aliphatic heterocycles. The number of hydrogen-bond acceptors (Lipinski definition) is 3. The topological polar surface area (TPSA) is 69.6 Å². The van der Waals surface area contributed by atoms with Crippen LogP contribution in [0.5, 0.6) is 5.75 Å². The molecule has 5 nitrogen and oxygen atoms in total. The summed E-state index contributed by atoms with van der Waals surface area (Å²) in [5.41, 5.74) is 1.07. The molecule has 1 saturated heterocycles. The van der Waals surface area contributed by atoms with E-state index < -0.39 is 6.04 Å². The van der Waals surface area contributed by atoms with Crippen LogP contribution in [0.2, 0.25) is 0 Å². The third-order valence-corrected chi connectivity index (χ3v) is 5.60. The molecule has 0 spiro atoms. The first kappa shape index (κ1) is 17.8. The van der Waals surface area contributed by atoms with E-state index in [0.29, 0.717) is 31.0 Å². The molecule has 1 aromatic carbocycles. The van der Waals surface area contributed by atoms with Gasteiger partial charge in [0.2, 0.25) is 5.91 Å². The minimum Gasteiger partial charge on any atom is -0.507 e. The van der Waals surface area contributed by atoms with E-state index in [2.05, 4.69) is 5.32 Å². The molecule has 2 aliphatic rings. The van der Waals surface area contributed by atoms with E-state index >= 15 is 0 Å². The average molecular weight is 344 g/mol. The fraction of sp³-hybridized carbons (Fsp3) is 0.600. The van der Waals surface area contributed by atoms with E-state index in [9.17, 15) is 14.7 Å². The second-order valence-electron chi connectivity index (χ2n) is 7.21. The van der Waals surface area contributed by atoms with Gasteiger partial charge in [-0.1, -0.05) is 51.2 Å². The number of amides is 2. The van der Waals surface area contributed by atoms with Crippen molar-refractivity contribution in [2.45, 2.75) is 57.9 Å². The zero-order chi connectivity index (χ0) is 17.8. The highest BCUT2D eigenvalue weighted by atomic mass is 16.3. The van der Waals surface area contributed by atoms with E-state index in [0.717, 1.165) is 24.8 Å². The van der Waals surface area contributed by atoms with Crippen molar-refractivity contribution in [3.8, 4) is 5.75 Å². The van der Waals surface area contributed by atoms with Gasteiger partial charge in [-0.15, -0.1) is 0 Å². The lowest BCUT2D eigenvalue weighted by Gasteiger charge is -2.37. The predicted molar refractivity (Wildman–Crippen MR) is 96.5 cm³/mol. The van der Waals surface area contributed by atoms with Crippen LogP contribution in [0.4, 0.5) is 0 Å². The highest BCUT2D eigenvalue weighted by Gasteiger charge is 2.36. The Hall–Kier alpha value is -2.04. The minimum absolute atomic E-state index is 0.0531. The number of benzene rings is 1. The first-order chi connectivity index (χ1) is 12.1. The summed E-state index contributed by atoms with van der Waals surface area (Å²) in [6, 6.07) is 4.86. The van der Waals surface area contributed by atoms with Gasteiger partial charge < -0.3 is 15.3 Å². The van der Waals surface area contributed by atoms with Crippen molar-refractivity contribution in [1.29, 1.82) is 0 Å². The van der Waals surface area contributed by atoms with E-state index in [4.69, 9.17) is 0 Å². The van der Waals surface area contributed by atoms with Gasteiger partial charge in [-0.3, -0.25) is 9.59 Å². The smallest absolute Gasteiger partial charge is 0.258 e.